The zero-order valence-electron chi connectivity index (χ0n) is 8.61. The van der Waals surface area contributed by atoms with Gasteiger partial charge in [-0.05, 0) is 6.07 Å². The Hall–Kier alpha value is -1.74. The highest BCUT2D eigenvalue weighted by molar-refractivity contribution is 6.03. The quantitative estimate of drug-likeness (QED) is 0.617. The molecule has 1 heterocycles. The van der Waals surface area contributed by atoms with E-state index in [0.717, 1.165) is 0 Å². The van der Waals surface area contributed by atoms with Crippen molar-refractivity contribution in [2.45, 2.75) is 18.3 Å². The molecule has 1 aromatic heterocycles. The molecular formula is C9H3F8NO. The van der Waals surface area contributed by atoms with Crippen molar-refractivity contribution in [2.24, 2.45) is 0 Å². The van der Waals surface area contributed by atoms with Gasteiger partial charge in [-0.2, -0.15) is 35.1 Å². The molecule has 0 aliphatic carbocycles. The van der Waals surface area contributed by atoms with Crippen molar-refractivity contribution in [2.75, 3.05) is 0 Å². The Kier molecular flexibility index (Phi) is 3.57. The van der Waals surface area contributed by atoms with Gasteiger partial charge in [0, 0.05) is 12.4 Å². The number of hydrogen-bond donors (Lipinski definition) is 0. The molecule has 106 valence electrons. The van der Waals surface area contributed by atoms with Gasteiger partial charge < -0.3 is 0 Å². The summed E-state index contributed by atoms with van der Waals surface area (Å²) >= 11 is 0. The van der Waals surface area contributed by atoms with Gasteiger partial charge >= 0.3 is 18.3 Å². The maximum absolute atomic E-state index is 12.7. The van der Waals surface area contributed by atoms with Crippen LogP contribution in [0.3, 0.4) is 0 Å². The highest BCUT2D eigenvalue weighted by Gasteiger charge is 2.64. The fourth-order valence-corrected chi connectivity index (χ4v) is 1.12. The lowest BCUT2D eigenvalue weighted by atomic mass is 10.0. The van der Waals surface area contributed by atoms with Gasteiger partial charge in [0.15, 0.2) is 0 Å². The third-order valence-electron chi connectivity index (χ3n) is 2.01. The van der Waals surface area contributed by atoms with Crippen molar-refractivity contribution < 1.29 is 39.9 Å². The maximum atomic E-state index is 12.7. The molecule has 1 aromatic rings. The van der Waals surface area contributed by atoms with Gasteiger partial charge in [0.1, 0.15) is 0 Å². The van der Waals surface area contributed by atoms with Crippen LogP contribution in [0.5, 0.6) is 0 Å². The van der Waals surface area contributed by atoms with Crippen LogP contribution in [0.2, 0.25) is 0 Å². The van der Waals surface area contributed by atoms with E-state index in [4.69, 9.17) is 0 Å². The highest BCUT2D eigenvalue weighted by Crippen LogP contribution is 2.40. The fraction of sp³-hybridized carbons (Fsp3) is 0.333. The smallest absolute Gasteiger partial charge is 0.287 e. The SMILES string of the molecule is O=C(c1cnccc1C(F)(F)F)C(F)(F)C(F)(F)F. The first-order chi connectivity index (χ1) is 8.39. The number of aromatic nitrogens is 1. The molecule has 0 radical (unpaired) electrons. The van der Waals surface area contributed by atoms with E-state index in [-0.39, 0.29) is 12.3 Å². The van der Waals surface area contributed by atoms with E-state index in [9.17, 15) is 39.9 Å². The van der Waals surface area contributed by atoms with Gasteiger partial charge in [0.05, 0.1) is 11.1 Å². The normalized spacial score (nSPS) is 13.5. The van der Waals surface area contributed by atoms with Crippen LogP contribution in [0.25, 0.3) is 0 Å². The molecule has 0 fully saturated rings. The molecule has 10 heteroatoms. The summed E-state index contributed by atoms with van der Waals surface area (Å²) in [4.78, 5) is 13.9. The van der Waals surface area contributed by atoms with Crippen molar-refractivity contribution >= 4 is 5.78 Å². The molecule has 0 saturated carbocycles. The molecule has 19 heavy (non-hydrogen) atoms. The number of nitrogens with zero attached hydrogens (tertiary/aromatic N) is 1. The van der Waals surface area contributed by atoms with Crippen LogP contribution in [0.1, 0.15) is 15.9 Å². The van der Waals surface area contributed by atoms with Gasteiger partial charge in [-0.3, -0.25) is 9.78 Å². The number of pyridine rings is 1. The predicted octanol–water partition coefficient (Wildman–Crippen LogP) is 3.48. The summed E-state index contributed by atoms with van der Waals surface area (Å²) in [6, 6.07) is 0.139. The summed E-state index contributed by atoms with van der Waals surface area (Å²) in [6.07, 6.45) is -11.0. The lowest BCUT2D eigenvalue weighted by Crippen LogP contribution is -2.44. The lowest BCUT2D eigenvalue weighted by Gasteiger charge is -2.19. The molecule has 2 nitrogen and oxygen atoms in total. The zero-order chi connectivity index (χ0) is 15.1. The fourth-order valence-electron chi connectivity index (χ4n) is 1.12. The largest absolute Gasteiger partial charge is 0.461 e. The third-order valence-corrected chi connectivity index (χ3v) is 2.01. The highest BCUT2D eigenvalue weighted by atomic mass is 19.4. The minimum atomic E-state index is -6.29. The molecule has 0 aliphatic heterocycles. The molecule has 0 amide bonds. The van der Waals surface area contributed by atoms with E-state index >= 15 is 0 Å². The summed E-state index contributed by atoms with van der Waals surface area (Å²) in [5, 5.41) is 0. The monoisotopic (exact) mass is 293 g/mol. The average Bonchev–Trinajstić information content (AvgIpc) is 2.25. The number of halogens is 8. The predicted molar refractivity (Wildman–Crippen MR) is 44.6 cm³/mol. The Morgan fingerprint density at radius 3 is 1.95 bits per heavy atom. The first-order valence-corrected chi connectivity index (χ1v) is 4.39. The van der Waals surface area contributed by atoms with Gasteiger partial charge in [0.25, 0.3) is 0 Å². The van der Waals surface area contributed by atoms with Crippen LogP contribution in [-0.4, -0.2) is 22.9 Å². The maximum Gasteiger partial charge on any atom is 0.461 e. The van der Waals surface area contributed by atoms with E-state index < -0.39 is 35.2 Å². The molecule has 0 bridgehead atoms. The number of alkyl halides is 8. The zero-order valence-corrected chi connectivity index (χ0v) is 8.61. The molecule has 0 aliphatic rings. The molecule has 0 saturated heterocycles. The van der Waals surface area contributed by atoms with Gasteiger partial charge in [-0.1, -0.05) is 0 Å². The first-order valence-electron chi connectivity index (χ1n) is 4.39. The Balaban J connectivity index is 3.37. The Bertz CT molecular complexity index is 490. The van der Waals surface area contributed by atoms with Crippen molar-refractivity contribution in [1.82, 2.24) is 4.98 Å². The van der Waals surface area contributed by atoms with Crippen LogP contribution in [-0.2, 0) is 6.18 Å². The molecule has 1 rings (SSSR count). The first kappa shape index (κ1) is 15.3. The van der Waals surface area contributed by atoms with Crippen LogP contribution in [0.15, 0.2) is 18.5 Å². The second-order valence-corrected chi connectivity index (χ2v) is 3.32. The number of Topliss-reactive ketones (excluding diaryl/α,β-unsaturated/α-hetero) is 1. The standard InChI is InChI=1S/C9H3F8NO/c10-7(11,9(15,16)17)6(19)4-3-18-2-1-5(4)8(12,13)14/h1-3H. The van der Waals surface area contributed by atoms with Crippen molar-refractivity contribution in [3.8, 4) is 0 Å². The minimum absolute atomic E-state index is 0.0187. The number of carbonyl (C=O) groups is 1. The van der Waals surface area contributed by atoms with Crippen LogP contribution < -0.4 is 0 Å². The average molecular weight is 293 g/mol. The molecule has 0 N–H and O–H groups in total. The third kappa shape index (κ3) is 2.82. The van der Waals surface area contributed by atoms with E-state index in [2.05, 4.69) is 4.98 Å². The summed E-state index contributed by atoms with van der Waals surface area (Å²) in [5.74, 6) is -8.92. The van der Waals surface area contributed by atoms with Crippen LogP contribution in [0, 0.1) is 0 Å². The summed E-state index contributed by atoms with van der Waals surface area (Å²) in [6.45, 7) is 0. The number of hydrogen-bond acceptors (Lipinski definition) is 2. The van der Waals surface area contributed by atoms with Crippen molar-refractivity contribution in [3.63, 3.8) is 0 Å². The van der Waals surface area contributed by atoms with Crippen molar-refractivity contribution in [1.29, 1.82) is 0 Å². The van der Waals surface area contributed by atoms with E-state index in [1.165, 1.54) is 0 Å². The summed E-state index contributed by atoms with van der Waals surface area (Å²) < 4.78 is 98.4. The summed E-state index contributed by atoms with van der Waals surface area (Å²) in [5.41, 5.74) is -3.74. The second-order valence-electron chi connectivity index (χ2n) is 3.32. The van der Waals surface area contributed by atoms with E-state index in [0.29, 0.717) is 6.20 Å². The number of rotatable bonds is 2. The van der Waals surface area contributed by atoms with Crippen LogP contribution >= 0.6 is 0 Å². The molecule has 0 spiro atoms. The lowest BCUT2D eigenvalue weighted by molar-refractivity contribution is -0.256. The topological polar surface area (TPSA) is 30.0 Å². The van der Waals surface area contributed by atoms with Gasteiger partial charge in [0.2, 0.25) is 5.78 Å². The van der Waals surface area contributed by atoms with Crippen LogP contribution in [0.4, 0.5) is 35.1 Å². The molecule has 0 aromatic carbocycles. The Morgan fingerprint density at radius 2 is 1.53 bits per heavy atom. The second kappa shape index (κ2) is 4.42. The van der Waals surface area contributed by atoms with E-state index in [1.54, 1.807) is 0 Å². The van der Waals surface area contributed by atoms with E-state index in [1.807, 2.05) is 0 Å². The molecule has 0 atom stereocenters. The molecule has 0 unspecified atom stereocenters. The number of carbonyl (C=O) groups excluding carboxylic acids is 1. The Labute approximate surface area is 99.6 Å². The number of ketones is 1. The summed E-state index contributed by atoms with van der Waals surface area (Å²) in [7, 11) is 0. The van der Waals surface area contributed by atoms with Gasteiger partial charge in [-0.15, -0.1) is 0 Å². The molecular weight excluding hydrogens is 290 g/mol. The van der Waals surface area contributed by atoms with Crippen molar-refractivity contribution in [3.05, 3.63) is 29.6 Å². The Morgan fingerprint density at radius 1 is 1.00 bits per heavy atom. The minimum Gasteiger partial charge on any atom is -0.287 e. The van der Waals surface area contributed by atoms with Gasteiger partial charge in [-0.25, -0.2) is 0 Å².